The van der Waals surface area contributed by atoms with E-state index < -0.39 is 0 Å². The van der Waals surface area contributed by atoms with Gasteiger partial charge in [-0.1, -0.05) is 5.16 Å². The van der Waals surface area contributed by atoms with E-state index in [1.165, 1.54) is 0 Å². The molecule has 0 unspecified atom stereocenters. The zero-order chi connectivity index (χ0) is 18.1. The highest BCUT2D eigenvalue weighted by Crippen LogP contribution is 2.19. The van der Waals surface area contributed by atoms with E-state index in [9.17, 15) is 4.79 Å². The monoisotopic (exact) mass is 342 g/mol. The fourth-order valence-electron chi connectivity index (χ4n) is 2.85. The lowest BCUT2D eigenvalue weighted by molar-refractivity contribution is 0.0921. The van der Waals surface area contributed by atoms with Crippen LogP contribution >= 0.6 is 0 Å². The van der Waals surface area contributed by atoms with E-state index in [1.54, 1.807) is 12.1 Å². The molecular weight excluding hydrogens is 320 g/mol. The van der Waals surface area contributed by atoms with Crippen molar-refractivity contribution in [3.63, 3.8) is 0 Å². The van der Waals surface area contributed by atoms with Gasteiger partial charge < -0.3 is 14.3 Å². The van der Waals surface area contributed by atoms with E-state index in [2.05, 4.69) is 15.6 Å². The van der Waals surface area contributed by atoms with Gasteiger partial charge in [-0.25, -0.2) is 0 Å². The number of furan rings is 1. The second-order valence-electron chi connectivity index (χ2n) is 6.20. The number of carbonyl (C=O) groups is 1. The van der Waals surface area contributed by atoms with Crippen LogP contribution in [0.15, 0.2) is 21.1 Å². The molecule has 7 nitrogen and oxygen atoms in total. The second-order valence-corrected chi connectivity index (χ2v) is 6.20. The highest BCUT2D eigenvalue weighted by atomic mass is 16.5. The average Bonchev–Trinajstić information content (AvgIpc) is 3.22. The number of amides is 1. The summed E-state index contributed by atoms with van der Waals surface area (Å²) in [5.41, 5.74) is 4.80. The van der Waals surface area contributed by atoms with Crippen LogP contribution in [0.1, 0.15) is 50.3 Å². The number of hydrogen-bond donors (Lipinski definition) is 1. The number of rotatable bonds is 5. The zero-order valence-electron chi connectivity index (χ0n) is 15.1. The standard InChI is InChI=1S/C18H22N4O3/c1-10-16(12(3)22(5)20-10)9-19-18(23)17-7-6-14(24-17)8-15-11(2)21-25-13(15)4/h6-7H,8-9H2,1-5H3,(H,19,23). The molecule has 0 saturated carbocycles. The Morgan fingerprint density at radius 1 is 1.16 bits per heavy atom. The van der Waals surface area contributed by atoms with Crippen molar-refractivity contribution in [3.05, 3.63) is 57.6 Å². The lowest BCUT2D eigenvalue weighted by Gasteiger charge is -2.04. The Labute approximate surface area is 146 Å². The van der Waals surface area contributed by atoms with E-state index in [0.29, 0.717) is 24.5 Å². The number of hydrogen-bond acceptors (Lipinski definition) is 5. The molecule has 0 spiro atoms. The van der Waals surface area contributed by atoms with Gasteiger partial charge in [0.15, 0.2) is 5.76 Å². The van der Waals surface area contributed by atoms with Crippen LogP contribution in [-0.4, -0.2) is 20.8 Å². The van der Waals surface area contributed by atoms with Gasteiger partial charge in [-0.05, 0) is 39.8 Å². The predicted octanol–water partition coefficient (Wildman–Crippen LogP) is 2.76. The Hall–Kier alpha value is -2.83. The molecule has 7 heteroatoms. The van der Waals surface area contributed by atoms with Crippen LogP contribution < -0.4 is 5.32 Å². The minimum atomic E-state index is -0.243. The van der Waals surface area contributed by atoms with E-state index in [-0.39, 0.29) is 5.91 Å². The number of nitrogens with zero attached hydrogens (tertiary/aromatic N) is 3. The van der Waals surface area contributed by atoms with E-state index in [0.717, 1.165) is 34.0 Å². The minimum Gasteiger partial charge on any atom is -0.456 e. The Bertz CT molecular complexity index is 898. The fourth-order valence-corrected chi connectivity index (χ4v) is 2.85. The van der Waals surface area contributed by atoms with Crippen molar-refractivity contribution in [2.75, 3.05) is 0 Å². The Morgan fingerprint density at radius 3 is 2.52 bits per heavy atom. The van der Waals surface area contributed by atoms with Crippen molar-refractivity contribution in [3.8, 4) is 0 Å². The molecule has 0 fully saturated rings. The third-order valence-corrected chi connectivity index (χ3v) is 4.50. The number of aryl methyl sites for hydroxylation is 4. The highest BCUT2D eigenvalue weighted by molar-refractivity contribution is 5.91. The van der Waals surface area contributed by atoms with Crippen LogP contribution in [0.25, 0.3) is 0 Å². The summed E-state index contributed by atoms with van der Waals surface area (Å²) < 4.78 is 12.6. The first kappa shape index (κ1) is 17.0. The smallest absolute Gasteiger partial charge is 0.287 e. The Balaban J connectivity index is 1.66. The van der Waals surface area contributed by atoms with Crippen LogP contribution in [0.4, 0.5) is 0 Å². The van der Waals surface area contributed by atoms with Gasteiger partial charge >= 0.3 is 0 Å². The third-order valence-electron chi connectivity index (χ3n) is 4.50. The van der Waals surface area contributed by atoms with Crippen LogP contribution in [0, 0.1) is 27.7 Å². The molecule has 0 aliphatic heterocycles. The van der Waals surface area contributed by atoms with Gasteiger partial charge in [0.2, 0.25) is 0 Å². The van der Waals surface area contributed by atoms with Crippen molar-refractivity contribution < 1.29 is 13.7 Å². The minimum absolute atomic E-state index is 0.243. The number of aromatic nitrogens is 3. The Kier molecular flexibility index (Phi) is 4.48. The summed E-state index contributed by atoms with van der Waals surface area (Å²) in [6.07, 6.45) is 0.551. The first-order valence-electron chi connectivity index (χ1n) is 8.14. The summed E-state index contributed by atoms with van der Waals surface area (Å²) in [5.74, 6) is 1.52. The lowest BCUT2D eigenvalue weighted by atomic mass is 10.1. The molecule has 0 radical (unpaired) electrons. The maximum absolute atomic E-state index is 12.3. The van der Waals surface area contributed by atoms with Gasteiger partial charge in [-0.3, -0.25) is 9.48 Å². The molecule has 0 bridgehead atoms. The molecule has 0 saturated heterocycles. The second kappa shape index (κ2) is 6.58. The summed E-state index contributed by atoms with van der Waals surface area (Å²) in [6.45, 7) is 8.09. The summed E-state index contributed by atoms with van der Waals surface area (Å²) in [7, 11) is 1.89. The van der Waals surface area contributed by atoms with Crippen molar-refractivity contribution in [1.29, 1.82) is 0 Å². The van der Waals surface area contributed by atoms with Gasteiger partial charge in [0, 0.05) is 36.8 Å². The largest absolute Gasteiger partial charge is 0.456 e. The van der Waals surface area contributed by atoms with Crippen LogP contribution in [0.2, 0.25) is 0 Å². The van der Waals surface area contributed by atoms with E-state index in [1.807, 2.05) is 39.4 Å². The highest BCUT2D eigenvalue weighted by Gasteiger charge is 2.16. The average molecular weight is 342 g/mol. The summed E-state index contributed by atoms with van der Waals surface area (Å²) in [4.78, 5) is 12.3. The summed E-state index contributed by atoms with van der Waals surface area (Å²) in [5, 5.41) is 11.2. The normalized spacial score (nSPS) is 11.1. The van der Waals surface area contributed by atoms with Gasteiger partial charge in [0.25, 0.3) is 5.91 Å². The third kappa shape index (κ3) is 3.35. The summed E-state index contributed by atoms with van der Waals surface area (Å²) in [6, 6.07) is 3.49. The quantitative estimate of drug-likeness (QED) is 0.770. The van der Waals surface area contributed by atoms with E-state index in [4.69, 9.17) is 8.94 Å². The maximum Gasteiger partial charge on any atom is 0.287 e. The molecule has 0 aromatic carbocycles. The topological polar surface area (TPSA) is 86.1 Å². The maximum atomic E-state index is 12.3. The van der Waals surface area contributed by atoms with Crippen molar-refractivity contribution in [2.45, 2.75) is 40.7 Å². The molecule has 1 amide bonds. The molecule has 0 atom stereocenters. The zero-order valence-corrected chi connectivity index (χ0v) is 15.1. The van der Waals surface area contributed by atoms with Gasteiger partial charge in [0.1, 0.15) is 11.5 Å². The van der Waals surface area contributed by atoms with Crippen LogP contribution in [0.5, 0.6) is 0 Å². The molecule has 0 aliphatic carbocycles. The number of carbonyl (C=O) groups excluding carboxylic acids is 1. The molecule has 132 valence electrons. The van der Waals surface area contributed by atoms with Crippen molar-refractivity contribution in [1.82, 2.24) is 20.3 Å². The van der Waals surface area contributed by atoms with Crippen LogP contribution in [-0.2, 0) is 20.0 Å². The molecule has 0 aliphatic rings. The molecule has 25 heavy (non-hydrogen) atoms. The summed E-state index contributed by atoms with van der Waals surface area (Å²) >= 11 is 0. The van der Waals surface area contributed by atoms with Gasteiger partial charge in [0.05, 0.1) is 11.4 Å². The predicted molar refractivity (Wildman–Crippen MR) is 91.3 cm³/mol. The van der Waals surface area contributed by atoms with E-state index >= 15 is 0 Å². The molecular formula is C18H22N4O3. The molecule has 3 aromatic rings. The van der Waals surface area contributed by atoms with Crippen molar-refractivity contribution in [2.24, 2.45) is 7.05 Å². The number of nitrogens with one attached hydrogen (secondary N) is 1. The van der Waals surface area contributed by atoms with Crippen molar-refractivity contribution >= 4 is 5.91 Å². The van der Waals surface area contributed by atoms with Gasteiger partial charge in [-0.2, -0.15) is 5.10 Å². The first-order chi connectivity index (χ1) is 11.9. The molecule has 3 aromatic heterocycles. The van der Waals surface area contributed by atoms with Gasteiger partial charge in [-0.15, -0.1) is 0 Å². The fraction of sp³-hybridized carbons (Fsp3) is 0.389. The van der Waals surface area contributed by atoms with Crippen LogP contribution in [0.3, 0.4) is 0 Å². The Morgan fingerprint density at radius 2 is 1.92 bits per heavy atom. The molecule has 1 N–H and O–H groups in total. The molecule has 3 rings (SSSR count). The SMILES string of the molecule is Cc1noc(C)c1Cc1ccc(C(=O)NCc2c(C)nn(C)c2C)o1. The first-order valence-corrected chi connectivity index (χ1v) is 8.14. The lowest BCUT2D eigenvalue weighted by Crippen LogP contribution is -2.22. The molecule has 3 heterocycles.